The minimum atomic E-state index is -0.194. The Bertz CT molecular complexity index is 357. The van der Waals surface area contributed by atoms with Crippen molar-refractivity contribution < 1.29 is 9.53 Å². The zero-order chi connectivity index (χ0) is 13.6. The van der Waals surface area contributed by atoms with Gasteiger partial charge in [0.25, 0.3) is 0 Å². The molecule has 106 valence electrons. The minimum Gasteiger partial charge on any atom is -0.459 e. The largest absolute Gasteiger partial charge is 0.459 e. The van der Waals surface area contributed by atoms with Crippen LogP contribution in [-0.4, -0.2) is 12.1 Å². The minimum absolute atomic E-state index is 0.124. The van der Waals surface area contributed by atoms with Crippen molar-refractivity contribution in [1.82, 2.24) is 0 Å². The lowest BCUT2D eigenvalue weighted by molar-refractivity contribution is -0.158. The molecule has 4 bridgehead atoms. The fourth-order valence-corrected chi connectivity index (χ4v) is 5.25. The van der Waals surface area contributed by atoms with Crippen LogP contribution >= 0.6 is 0 Å². The molecule has 4 fully saturated rings. The summed E-state index contributed by atoms with van der Waals surface area (Å²) < 4.78 is 5.75. The van der Waals surface area contributed by atoms with E-state index >= 15 is 0 Å². The molecule has 4 aliphatic carbocycles. The Balaban J connectivity index is 1.73. The zero-order valence-electron chi connectivity index (χ0n) is 12.2. The number of carbonyl (C=O) groups excluding carboxylic acids is 1. The third-order valence-corrected chi connectivity index (χ3v) is 5.74. The molecular weight excluding hydrogens is 236 g/mol. The normalized spacial score (nSPS) is 41.1. The van der Waals surface area contributed by atoms with Crippen molar-refractivity contribution in [2.24, 2.45) is 29.6 Å². The third kappa shape index (κ3) is 2.34. The van der Waals surface area contributed by atoms with Crippen LogP contribution in [-0.2, 0) is 9.53 Å². The first kappa shape index (κ1) is 13.2. The second-order valence-electron chi connectivity index (χ2n) is 7.14. The van der Waals surface area contributed by atoms with Crippen LogP contribution in [0.25, 0.3) is 0 Å². The highest BCUT2D eigenvalue weighted by Crippen LogP contribution is 2.57. The molecule has 0 saturated heterocycles. The molecule has 2 nitrogen and oxygen atoms in total. The van der Waals surface area contributed by atoms with Crippen LogP contribution in [0.5, 0.6) is 0 Å². The topological polar surface area (TPSA) is 26.3 Å². The molecule has 0 aliphatic heterocycles. The standard InChI is InChI=1S/C17H26O2/c1-4-15(19-17(18)10(2)3)16-13-6-11-5-12(8-13)9-14(16)7-11/h11-16H,2,4-9H2,1,3H3. The van der Waals surface area contributed by atoms with E-state index in [9.17, 15) is 4.79 Å². The second kappa shape index (κ2) is 4.96. The van der Waals surface area contributed by atoms with Crippen molar-refractivity contribution in [1.29, 1.82) is 0 Å². The van der Waals surface area contributed by atoms with Crippen LogP contribution in [0, 0.1) is 29.6 Å². The van der Waals surface area contributed by atoms with E-state index in [2.05, 4.69) is 13.5 Å². The van der Waals surface area contributed by atoms with Gasteiger partial charge < -0.3 is 4.74 Å². The highest BCUT2D eigenvalue weighted by atomic mass is 16.5. The monoisotopic (exact) mass is 262 g/mol. The lowest BCUT2D eigenvalue weighted by atomic mass is 9.50. The molecule has 0 spiro atoms. The summed E-state index contributed by atoms with van der Waals surface area (Å²) in [5.41, 5.74) is 0.530. The quantitative estimate of drug-likeness (QED) is 0.566. The number of ether oxygens (including phenoxy) is 1. The molecule has 1 unspecified atom stereocenters. The molecule has 19 heavy (non-hydrogen) atoms. The van der Waals surface area contributed by atoms with Gasteiger partial charge in [-0.2, -0.15) is 0 Å². The number of hydrogen-bond donors (Lipinski definition) is 0. The number of rotatable bonds is 4. The first-order valence-electron chi connectivity index (χ1n) is 7.95. The van der Waals surface area contributed by atoms with Crippen molar-refractivity contribution in [3.8, 4) is 0 Å². The fraction of sp³-hybridized carbons (Fsp3) is 0.824. The van der Waals surface area contributed by atoms with Gasteiger partial charge in [0.05, 0.1) is 0 Å². The molecule has 4 aliphatic rings. The average molecular weight is 262 g/mol. The summed E-state index contributed by atoms with van der Waals surface area (Å²) >= 11 is 0. The molecule has 0 aromatic heterocycles. The van der Waals surface area contributed by atoms with Gasteiger partial charge in [-0.1, -0.05) is 13.5 Å². The van der Waals surface area contributed by atoms with Gasteiger partial charge in [0.15, 0.2) is 0 Å². The van der Waals surface area contributed by atoms with Gasteiger partial charge in [0.1, 0.15) is 6.10 Å². The highest BCUT2D eigenvalue weighted by molar-refractivity contribution is 5.87. The van der Waals surface area contributed by atoms with Crippen LogP contribution in [0.4, 0.5) is 0 Å². The van der Waals surface area contributed by atoms with Crippen LogP contribution < -0.4 is 0 Å². The molecule has 0 aromatic carbocycles. The third-order valence-electron chi connectivity index (χ3n) is 5.74. The molecule has 0 N–H and O–H groups in total. The van der Waals surface area contributed by atoms with Gasteiger partial charge in [0, 0.05) is 11.5 Å². The Morgan fingerprint density at radius 1 is 1.16 bits per heavy atom. The first-order valence-corrected chi connectivity index (χ1v) is 7.95. The van der Waals surface area contributed by atoms with Crippen molar-refractivity contribution in [2.45, 2.75) is 58.5 Å². The van der Waals surface area contributed by atoms with Crippen molar-refractivity contribution in [2.75, 3.05) is 0 Å². The summed E-state index contributed by atoms with van der Waals surface area (Å²) in [7, 11) is 0. The molecule has 4 saturated carbocycles. The molecule has 0 aromatic rings. The average Bonchev–Trinajstić information content (AvgIpc) is 2.35. The van der Waals surface area contributed by atoms with Gasteiger partial charge in [-0.25, -0.2) is 4.79 Å². The molecule has 0 amide bonds. The molecule has 0 radical (unpaired) electrons. The molecule has 4 rings (SSSR count). The lowest BCUT2D eigenvalue weighted by Crippen LogP contribution is -2.50. The zero-order valence-corrected chi connectivity index (χ0v) is 12.2. The SMILES string of the molecule is C=C(C)C(=O)OC(CC)C1C2CC3CC(C2)CC1C3. The van der Waals surface area contributed by atoms with E-state index in [4.69, 9.17) is 4.74 Å². The van der Waals surface area contributed by atoms with Crippen LogP contribution in [0.3, 0.4) is 0 Å². The maximum Gasteiger partial charge on any atom is 0.333 e. The molecule has 0 heterocycles. The van der Waals surface area contributed by atoms with E-state index in [0.29, 0.717) is 11.5 Å². The second-order valence-corrected chi connectivity index (χ2v) is 7.14. The van der Waals surface area contributed by atoms with Gasteiger partial charge in [-0.3, -0.25) is 0 Å². The summed E-state index contributed by atoms with van der Waals surface area (Å²) in [5, 5.41) is 0. The smallest absolute Gasteiger partial charge is 0.333 e. The molecule has 2 heteroatoms. The predicted molar refractivity (Wildman–Crippen MR) is 75.5 cm³/mol. The Morgan fingerprint density at radius 3 is 2.11 bits per heavy atom. The Kier molecular flexibility index (Phi) is 3.44. The van der Waals surface area contributed by atoms with Crippen molar-refractivity contribution >= 4 is 5.97 Å². The number of hydrogen-bond acceptors (Lipinski definition) is 2. The number of esters is 1. The van der Waals surface area contributed by atoms with E-state index in [1.165, 1.54) is 32.1 Å². The predicted octanol–water partition coefficient (Wildman–Crippen LogP) is 3.96. The Morgan fingerprint density at radius 2 is 1.68 bits per heavy atom. The maximum atomic E-state index is 11.8. The number of carbonyl (C=O) groups is 1. The lowest BCUT2D eigenvalue weighted by Gasteiger charge is -2.56. The summed E-state index contributed by atoms with van der Waals surface area (Å²) in [6.45, 7) is 7.60. The summed E-state index contributed by atoms with van der Waals surface area (Å²) in [5.74, 6) is 4.03. The van der Waals surface area contributed by atoms with Gasteiger partial charge in [0.2, 0.25) is 0 Å². The summed E-state index contributed by atoms with van der Waals surface area (Å²) in [4.78, 5) is 11.8. The summed E-state index contributed by atoms with van der Waals surface area (Å²) in [6, 6.07) is 0. The van der Waals surface area contributed by atoms with E-state index in [1.54, 1.807) is 6.92 Å². The van der Waals surface area contributed by atoms with Gasteiger partial charge in [-0.05, 0) is 69.1 Å². The van der Waals surface area contributed by atoms with Crippen LogP contribution in [0.2, 0.25) is 0 Å². The van der Waals surface area contributed by atoms with E-state index < -0.39 is 0 Å². The maximum absolute atomic E-state index is 11.8. The summed E-state index contributed by atoms with van der Waals surface area (Å²) in [6.07, 6.45) is 8.10. The van der Waals surface area contributed by atoms with E-state index in [-0.39, 0.29) is 12.1 Å². The van der Waals surface area contributed by atoms with Gasteiger partial charge >= 0.3 is 5.97 Å². The van der Waals surface area contributed by atoms with Crippen LogP contribution in [0.1, 0.15) is 52.4 Å². The van der Waals surface area contributed by atoms with E-state index in [0.717, 1.165) is 30.1 Å². The fourth-order valence-electron chi connectivity index (χ4n) is 5.25. The first-order chi connectivity index (χ1) is 9.08. The Hall–Kier alpha value is -0.790. The Labute approximate surface area is 116 Å². The van der Waals surface area contributed by atoms with Crippen LogP contribution in [0.15, 0.2) is 12.2 Å². The highest BCUT2D eigenvalue weighted by Gasteiger charge is 2.51. The van der Waals surface area contributed by atoms with Crippen molar-refractivity contribution in [3.05, 3.63) is 12.2 Å². The molecular formula is C17H26O2. The van der Waals surface area contributed by atoms with Crippen molar-refractivity contribution in [3.63, 3.8) is 0 Å². The van der Waals surface area contributed by atoms with Gasteiger partial charge in [-0.15, -0.1) is 0 Å². The molecule has 1 atom stereocenters. The van der Waals surface area contributed by atoms with E-state index in [1.807, 2.05) is 0 Å².